The zero-order valence-corrected chi connectivity index (χ0v) is 11.3. The number of rotatable bonds is 2. The molecule has 7 heteroatoms. The second-order valence-electron chi connectivity index (χ2n) is 5.14. The highest BCUT2D eigenvalue weighted by molar-refractivity contribution is 5.82. The Morgan fingerprint density at radius 2 is 2.05 bits per heavy atom. The smallest absolute Gasteiger partial charge is 0.267 e. The lowest BCUT2D eigenvalue weighted by atomic mass is 10.1. The highest BCUT2D eigenvalue weighted by atomic mass is 16.6. The second kappa shape index (κ2) is 4.76. The fourth-order valence-corrected chi connectivity index (χ4v) is 2.56. The van der Waals surface area contributed by atoms with Crippen LogP contribution >= 0.6 is 0 Å². The number of hydrogen-bond donors (Lipinski definition) is 0. The van der Waals surface area contributed by atoms with Gasteiger partial charge in [-0.1, -0.05) is 17.3 Å². The number of aromatic nitrogens is 3. The van der Waals surface area contributed by atoms with Crippen molar-refractivity contribution in [1.29, 1.82) is 0 Å². The van der Waals surface area contributed by atoms with E-state index in [-0.39, 0.29) is 18.6 Å². The van der Waals surface area contributed by atoms with E-state index in [9.17, 15) is 4.79 Å². The summed E-state index contributed by atoms with van der Waals surface area (Å²) in [5, 5.41) is 7.72. The van der Waals surface area contributed by atoms with Gasteiger partial charge in [0, 0.05) is 19.3 Å². The van der Waals surface area contributed by atoms with Crippen LogP contribution in [0.4, 0.5) is 0 Å². The molecule has 4 rings (SSSR count). The number of amides is 1. The number of para-hydroxylation sites is 2. The Morgan fingerprint density at radius 1 is 1.24 bits per heavy atom. The van der Waals surface area contributed by atoms with Crippen molar-refractivity contribution in [3.8, 4) is 11.5 Å². The maximum atomic E-state index is 12.4. The third-order valence-electron chi connectivity index (χ3n) is 3.77. The van der Waals surface area contributed by atoms with Crippen molar-refractivity contribution >= 4 is 5.91 Å². The number of nitrogens with zero attached hydrogens (tertiary/aromatic N) is 4. The van der Waals surface area contributed by atoms with Crippen molar-refractivity contribution in [2.75, 3.05) is 19.7 Å². The quantitative estimate of drug-likeness (QED) is 0.804. The highest BCUT2D eigenvalue weighted by Gasteiger charge is 2.38. The van der Waals surface area contributed by atoms with E-state index < -0.39 is 6.10 Å². The fraction of sp³-hybridized carbons (Fsp3) is 0.357. The second-order valence-corrected chi connectivity index (χ2v) is 5.14. The third kappa shape index (κ3) is 2.10. The average Bonchev–Trinajstić information content (AvgIpc) is 2.99. The molecule has 1 aromatic carbocycles. The number of benzene rings is 1. The van der Waals surface area contributed by atoms with E-state index in [4.69, 9.17) is 9.47 Å². The largest absolute Gasteiger partial charge is 0.485 e. The Kier molecular flexibility index (Phi) is 2.77. The van der Waals surface area contributed by atoms with E-state index in [1.807, 2.05) is 30.5 Å². The van der Waals surface area contributed by atoms with Crippen LogP contribution in [0.25, 0.3) is 0 Å². The van der Waals surface area contributed by atoms with Crippen LogP contribution in [-0.4, -0.2) is 51.6 Å². The molecular formula is C14H14N4O3. The molecule has 21 heavy (non-hydrogen) atoms. The van der Waals surface area contributed by atoms with E-state index in [1.54, 1.807) is 15.8 Å². The van der Waals surface area contributed by atoms with Crippen molar-refractivity contribution < 1.29 is 14.3 Å². The monoisotopic (exact) mass is 286 g/mol. The highest BCUT2D eigenvalue weighted by Crippen LogP contribution is 2.32. The van der Waals surface area contributed by atoms with Gasteiger partial charge in [0.15, 0.2) is 11.5 Å². The normalized spacial score (nSPS) is 21.0. The van der Waals surface area contributed by atoms with Gasteiger partial charge in [-0.2, -0.15) is 0 Å². The molecule has 0 aliphatic carbocycles. The van der Waals surface area contributed by atoms with Gasteiger partial charge in [-0.05, 0) is 12.1 Å². The van der Waals surface area contributed by atoms with Gasteiger partial charge in [0.1, 0.15) is 6.61 Å². The molecule has 1 aromatic heterocycles. The summed E-state index contributed by atoms with van der Waals surface area (Å²) in [6.45, 7) is 1.51. The SMILES string of the molecule is O=C([C@@H]1COc2ccccc2O1)N1CC(n2ccnn2)C1. The Morgan fingerprint density at radius 3 is 2.81 bits per heavy atom. The zero-order chi connectivity index (χ0) is 14.2. The summed E-state index contributed by atoms with van der Waals surface area (Å²) in [6, 6.07) is 7.58. The lowest BCUT2D eigenvalue weighted by Gasteiger charge is -2.41. The Balaban J connectivity index is 1.39. The first-order chi connectivity index (χ1) is 10.3. The minimum atomic E-state index is -0.573. The van der Waals surface area contributed by atoms with Crippen molar-refractivity contribution in [1.82, 2.24) is 19.9 Å². The molecule has 1 fully saturated rings. The molecule has 2 aliphatic heterocycles. The Labute approximate surface area is 121 Å². The topological polar surface area (TPSA) is 69.5 Å². The number of likely N-dealkylation sites (tertiary alicyclic amines) is 1. The molecule has 2 aromatic rings. The Hall–Kier alpha value is -2.57. The molecule has 0 spiro atoms. The first-order valence-electron chi connectivity index (χ1n) is 6.84. The summed E-state index contributed by atoms with van der Waals surface area (Å²) < 4.78 is 13.1. The summed E-state index contributed by atoms with van der Waals surface area (Å²) in [5.41, 5.74) is 0. The van der Waals surface area contributed by atoms with Crippen LogP contribution in [0.1, 0.15) is 6.04 Å². The molecular weight excluding hydrogens is 272 g/mol. The minimum absolute atomic E-state index is 0.0409. The van der Waals surface area contributed by atoms with Crippen LogP contribution in [0.15, 0.2) is 36.7 Å². The van der Waals surface area contributed by atoms with Crippen LogP contribution in [0.3, 0.4) is 0 Å². The number of hydrogen-bond acceptors (Lipinski definition) is 5. The summed E-state index contributed by atoms with van der Waals surface area (Å²) >= 11 is 0. The molecule has 1 atom stereocenters. The van der Waals surface area contributed by atoms with Crippen LogP contribution in [-0.2, 0) is 4.79 Å². The first kappa shape index (κ1) is 12.2. The van der Waals surface area contributed by atoms with Gasteiger partial charge in [-0.15, -0.1) is 5.10 Å². The summed E-state index contributed by atoms with van der Waals surface area (Å²) in [4.78, 5) is 14.1. The molecule has 7 nitrogen and oxygen atoms in total. The lowest BCUT2D eigenvalue weighted by molar-refractivity contribution is -0.147. The molecule has 0 N–H and O–H groups in total. The van der Waals surface area contributed by atoms with Gasteiger partial charge in [0.25, 0.3) is 5.91 Å². The number of ether oxygens (including phenoxy) is 2. The van der Waals surface area contributed by atoms with Gasteiger partial charge in [-0.3, -0.25) is 4.79 Å². The molecule has 0 radical (unpaired) electrons. The maximum absolute atomic E-state index is 12.4. The Bertz CT molecular complexity index is 652. The summed E-state index contributed by atoms with van der Waals surface area (Å²) in [5.74, 6) is 1.27. The zero-order valence-electron chi connectivity index (χ0n) is 11.3. The van der Waals surface area contributed by atoms with Gasteiger partial charge in [0.05, 0.1) is 12.2 Å². The average molecular weight is 286 g/mol. The van der Waals surface area contributed by atoms with Crippen molar-refractivity contribution in [2.24, 2.45) is 0 Å². The van der Waals surface area contributed by atoms with Gasteiger partial charge in [-0.25, -0.2) is 4.68 Å². The van der Waals surface area contributed by atoms with Crippen molar-refractivity contribution in [2.45, 2.75) is 12.1 Å². The minimum Gasteiger partial charge on any atom is -0.485 e. The predicted molar refractivity (Wildman–Crippen MR) is 72.0 cm³/mol. The van der Waals surface area contributed by atoms with Crippen LogP contribution < -0.4 is 9.47 Å². The number of carbonyl (C=O) groups is 1. The van der Waals surface area contributed by atoms with E-state index in [2.05, 4.69) is 10.3 Å². The molecule has 108 valence electrons. The van der Waals surface area contributed by atoms with Crippen molar-refractivity contribution in [3.63, 3.8) is 0 Å². The summed E-state index contributed by atoms with van der Waals surface area (Å²) in [6.07, 6.45) is 2.87. The standard InChI is InChI=1S/C14H14N4O3/c19-14(17-7-10(8-17)18-6-5-15-16-18)13-9-20-11-3-1-2-4-12(11)21-13/h1-6,10,13H,7-9H2/t13-/m0/s1. The van der Waals surface area contributed by atoms with E-state index in [0.717, 1.165) is 0 Å². The van der Waals surface area contributed by atoms with Crippen LogP contribution in [0.5, 0.6) is 11.5 Å². The molecule has 3 heterocycles. The van der Waals surface area contributed by atoms with Gasteiger partial charge in [0.2, 0.25) is 6.10 Å². The van der Waals surface area contributed by atoms with Crippen LogP contribution in [0, 0.1) is 0 Å². The molecule has 0 saturated carbocycles. The fourth-order valence-electron chi connectivity index (χ4n) is 2.56. The lowest BCUT2D eigenvalue weighted by Crippen LogP contribution is -2.56. The molecule has 1 amide bonds. The van der Waals surface area contributed by atoms with Gasteiger partial charge >= 0.3 is 0 Å². The molecule has 1 saturated heterocycles. The predicted octanol–water partition coefficient (Wildman–Crippen LogP) is 0.501. The number of fused-ring (bicyclic) bond motifs is 1. The van der Waals surface area contributed by atoms with Crippen molar-refractivity contribution in [3.05, 3.63) is 36.7 Å². The molecule has 0 bridgehead atoms. The van der Waals surface area contributed by atoms with E-state index in [0.29, 0.717) is 24.6 Å². The maximum Gasteiger partial charge on any atom is 0.267 e. The number of carbonyl (C=O) groups excluding carboxylic acids is 1. The summed E-state index contributed by atoms with van der Waals surface area (Å²) in [7, 11) is 0. The van der Waals surface area contributed by atoms with E-state index >= 15 is 0 Å². The molecule has 2 aliphatic rings. The third-order valence-corrected chi connectivity index (χ3v) is 3.77. The van der Waals surface area contributed by atoms with E-state index in [1.165, 1.54) is 0 Å². The molecule has 0 unspecified atom stereocenters. The van der Waals surface area contributed by atoms with Gasteiger partial charge < -0.3 is 14.4 Å². The van der Waals surface area contributed by atoms with Crippen LogP contribution in [0.2, 0.25) is 0 Å². The first-order valence-corrected chi connectivity index (χ1v) is 6.84.